The van der Waals surface area contributed by atoms with E-state index in [1.165, 1.54) is 0 Å². The number of rotatable bonds is 4. The molecular formula is C28H20F6N2O6. The Bertz CT molecular complexity index is 1440. The summed E-state index contributed by atoms with van der Waals surface area (Å²) in [6, 6.07) is 8.44. The molecule has 4 atom stereocenters. The highest BCUT2D eigenvalue weighted by atomic mass is 19.4. The van der Waals surface area contributed by atoms with E-state index in [-0.39, 0.29) is 11.4 Å². The number of ether oxygens (including phenoxy) is 2. The first-order valence-electron chi connectivity index (χ1n) is 12.7. The number of carbonyl (C=O) groups excluding carboxylic acids is 4. The van der Waals surface area contributed by atoms with Gasteiger partial charge in [0.2, 0.25) is 23.6 Å². The number of alkyl halides is 6. The van der Waals surface area contributed by atoms with Gasteiger partial charge in [-0.15, -0.1) is 26.3 Å². The predicted octanol–water partition coefficient (Wildman–Crippen LogP) is 4.99. The van der Waals surface area contributed by atoms with Crippen molar-refractivity contribution in [2.45, 2.75) is 26.6 Å². The van der Waals surface area contributed by atoms with Crippen LogP contribution in [0.3, 0.4) is 0 Å². The molecule has 8 nitrogen and oxygen atoms in total. The second-order valence-electron chi connectivity index (χ2n) is 10.9. The third-order valence-corrected chi connectivity index (χ3v) is 8.54. The third kappa shape index (κ3) is 4.06. The lowest BCUT2D eigenvalue weighted by Gasteiger charge is -2.53. The fraction of sp³-hybridized carbons (Fsp3) is 0.357. The van der Waals surface area contributed by atoms with Crippen molar-refractivity contribution < 1.29 is 55.0 Å². The lowest BCUT2D eigenvalue weighted by atomic mass is 9.46. The molecule has 0 unspecified atom stereocenters. The van der Waals surface area contributed by atoms with Crippen LogP contribution in [0, 0.1) is 35.0 Å². The lowest BCUT2D eigenvalue weighted by Crippen LogP contribution is -2.57. The molecule has 2 aliphatic heterocycles. The Morgan fingerprint density at radius 3 is 1.31 bits per heavy atom. The highest BCUT2D eigenvalue weighted by Crippen LogP contribution is 2.66. The standard InChI is InChI=1S/C28H20F6N2O6/c1-12-11-26(2)20-18(22(37)35(24(20)39)13-3-7-15(8-4-13)41-27(29,30)31)17(12)19-21(26)25(40)36(23(19)38)14-5-9-16(10-6-14)42-28(32,33)34/h3-11,17-21H,1-2H3/t17?,18-,19-,20+,21+,26?/m1/s1. The Morgan fingerprint density at radius 2 is 0.976 bits per heavy atom. The second-order valence-corrected chi connectivity index (χ2v) is 10.9. The van der Waals surface area contributed by atoms with Gasteiger partial charge in [0.15, 0.2) is 0 Å². The summed E-state index contributed by atoms with van der Waals surface area (Å²) < 4.78 is 83.2. The third-order valence-electron chi connectivity index (χ3n) is 8.54. The number of allylic oxidation sites excluding steroid dienone is 2. The van der Waals surface area contributed by atoms with Gasteiger partial charge in [0, 0.05) is 11.3 Å². The Morgan fingerprint density at radius 1 is 0.619 bits per heavy atom. The van der Waals surface area contributed by atoms with Crippen LogP contribution in [0.5, 0.6) is 11.5 Å². The van der Waals surface area contributed by atoms with E-state index in [9.17, 15) is 45.5 Å². The quantitative estimate of drug-likeness (QED) is 0.282. The van der Waals surface area contributed by atoms with Gasteiger partial charge in [-0.2, -0.15) is 0 Å². The first-order chi connectivity index (χ1) is 19.5. The van der Waals surface area contributed by atoms with Crippen LogP contribution < -0.4 is 19.3 Å². The molecular weight excluding hydrogens is 574 g/mol. The highest BCUT2D eigenvalue weighted by molar-refractivity contribution is 6.26. The van der Waals surface area contributed by atoms with E-state index in [1.54, 1.807) is 19.9 Å². The molecule has 2 bridgehead atoms. The first kappa shape index (κ1) is 27.8. The van der Waals surface area contributed by atoms with Gasteiger partial charge in [-0.1, -0.05) is 18.6 Å². The summed E-state index contributed by atoms with van der Waals surface area (Å²) in [5, 5.41) is 0. The van der Waals surface area contributed by atoms with Crippen LogP contribution in [0.2, 0.25) is 0 Å². The Hall–Kier alpha value is -4.36. The molecule has 0 N–H and O–H groups in total. The van der Waals surface area contributed by atoms with Gasteiger partial charge in [-0.05, 0) is 55.5 Å². The van der Waals surface area contributed by atoms with E-state index in [1.807, 2.05) is 0 Å². The molecule has 2 aromatic rings. The number of hydrogen-bond acceptors (Lipinski definition) is 6. The number of carbonyl (C=O) groups is 4. The SMILES string of the molecule is CC1=CC2(C)[C@@H]3C(=O)N(c4ccc(OC(F)(F)F)cc4)C(=O)[C@@H]3C1[C@H]1C(=O)N(c3ccc(OC(F)(F)F)cc3)C(=O)[C@H]12. The minimum absolute atomic E-state index is 0.0141. The number of nitrogens with zero attached hydrogens (tertiary/aromatic N) is 2. The molecule has 4 amide bonds. The molecule has 3 fully saturated rings. The number of hydrogen-bond donors (Lipinski definition) is 0. The van der Waals surface area contributed by atoms with Gasteiger partial charge in [-0.3, -0.25) is 29.0 Å². The molecule has 0 spiro atoms. The van der Waals surface area contributed by atoms with Gasteiger partial charge < -0.3 is 9.47 Å². The zero-order valence-corrected chi connectivity index (χ0v) is 21.7. The minimum atomic E-state index is -4.93. The zero-order valence-electron chi connectivity index (χ0n) is 21.7. The summed E-state index contributed by atoms with van der Waals surface area (Å²) in [7, 11) is 0. The normalized spacial score (nSPS) is 30.5. The number of amides is 4. The first-order valence-corrected chi connectivity index (χ1v) is 12.7. The summed E-state index contributed by atoms with van der Waals surface area (Å²) in [4.78, 5) is 56.9. The van der Waals surface area contributed by atoms with Crippen LogP contribution in [-0.2, 0) is 19.2 Å². The topological polar surface area (TPSA) is 93.2 Å². The molecule has 5 aliphatic rings. The zero-order chi connectivity index (χ0) is 30.5. The van der Waals surface area contributed by atoms with Crippen LogP contribution in [0.25, 0.3) is 0 Å². The van der Waals surface area contributed by atoms with Gasteiger partial charge in [0.1, 0.15) is 11.5 Å². The highest BCUT2D eigenvalue weighted by Gasteiger charge is 2.74. The Labute approximate surface area is 233 Å². The van der Waals surface area contributed by atoms with E-state index < -0.39 is 82.9 Å². The number of imide groups is 2. The molecule has 3 aliphatic carbocycles. The van der Waals surface area contributed by atoms with Crippen molar-refractivity contribution in [1.82, 2.24) is 0 Å². The smallest absolute Gasteiger partial charge is 0.406 e. The summed E-state index contributed by atoms with van der Waals surface area (Å²) in [5.41, 5.74) is -0.621. The van der Waals surface area contributed by atoms with Gasteiger partial charge in [0.05, 0.1) is 35.0 Å². The van der Waals surface area contributed by atoms with Gasteiger partial charge >= 0.3 is 12.7 Å². The van der Waals surface area contributed by atoms with E-state index in [0.717, 1.165) is 58.3 Å². The molecule has 2 aromatic carbocycles. The largest absolute Gasteiger partial charge is 0.573 e. The Balaban J connectivity index is 1.33. The van der Waals surface area contributed by atoms with Crippen molar-refractivity contribution in [2.24, 2.45) is 35.0 Å². The van der Waals surface area contributed by atoms with E-state index >= 15 is 0 Å². The van der Waals surface area contributed by atoms with Crippen LogP contribution in [0.1, 0.15) is 13.8 Å². The van der Waals surface area contributed by atoms with Gasteiger partial charge in [0.25, 0.3) is 0 Å². The van der Waals surface area contributed by atoms with Crippen molar-refractivity contribution in [3.05, 3.63) is 60.2 Å². The lowest BCUT2D eigenvalue weighted by molar-refractivity contribution is -0.275. The van der Waals surface area contributed by atoms with Gasteiger partial charge in [-0.25, -0.2) is 0 Å². The molecule has 14 heteroatoms. The van der Waals surface area contributed by atoms with Crippen molar-refractivity contribution in [3.63, 3.8) is 0 Å². The van der Waals surface area contributed by atoms with E-state index in [4.69, 9.17) is 0 Å². The summed E-state index contributed by atoms with van der Waals surface area (Å²) in [6.45, 7) is 3.31. The van der Waals surface area contributed by atoms with Crippen molar-refractivity contribution in [3.8, 4) is 11.5 Å². The summed E-state index contributed by atoms with van der Waals surface area (Å²) in [5.74, 6) is -8.63. The maximum Gasteiger partial charge on any atom is 0.573 e. The van der Waals surface area contributed by atoms with E-state index in [0.29, 0.717) is 5.57 Å². The molecule has 42 heavy (non-hydrogen) atoms. The average Bonchev–Trinajstić information content (AvgIpc) is 3.30. The summed E-state index contributed by atoms with van der Waals surface area (Å²) >= 11 is 0. The van der Waals surface area contributed by atoms with Crippen LogP contribution in [0.4, 0.5) is 37.7 Å². The summed E-state index contributed by atoms with van der Waals surface area (Å²) in [6.07, 6.45) is -8.14. The maximum atomic E-state index is 13.8. The maximum absolute atomic E-state index is 13.8. The molecule has 0 aromatic heterocycles. The second kappa shape index (κ2) is 8.82. The Kier molecular flexibility index (Phi) is 5.84. The molecule has 220 valence electrons. The molecule has 1 saturated carbocycles. The molecule has 7 rings (SSSR count). The van der Waals surface area contributed by atoms with Crippen LogP contribution in [-0.4, -0.2) is 36.4 Å². The van der Waals surface area contributed by atoms with Crippen LogP contribution in [0.15, 0.2) is 60.2 Å². The van der Waals surface area contributed by atoms with Crippen molar-refractivity contribution in [1.29, 1.82) is 0 Å². The number of halogens is 6. The fourth-order valence-electron chi connectivity index (χ4n) is 7.27. The van der Waals surface area contributed by atoms with E-state index in [2.05, 4.69) is 9.47 Å². The monoisotopic (exact) mass is 594 g/mol. The predicted molar refractivity (Wildman–Crippen MR) is 131 cm³/mol. The fourth-order valence-corrected chi connectivity index (χ4v) is 7.27. The average molecular weight is 594 g/mol. The van der Waals surface area contributed by atoms with Crippen LogP contribution >= 0.6 is 0 Å². The van der Waals surface area contributed by atoms with Crippen molar-refractivity contribution >= 4 is 35.0 Å². The molecule has 0 radical (unpaired) electrons. The van der Waals surface area contributed by atoms with Crippen molar-refractivity contribution in [2.75, 3.05) is 9.80 Å². The molecule has 2 saturated heterocycles. The number of benzene rings is 2. The minimum Gasteiger partial charge on any atom is -0.406 e. The number of anilines is 2. The molecule has 2 heterocycles.